The lowest BCUT2D eigenvalue weighted by Crippen LogP contribution is -1.96. The molecule has 0 aliphatic rings. The Morgan fingerprint density at radius 2 is 1.82 bits per heavy atom. The predicted molar refractivity (Wildman–Crippen MR) is 51.8 cm³/mol. The Labute approximate surface area is 70.8 Å². The molecule has 1 aromatic rings. The zero-order valence-electron chi connectivity index (χ0n) is 6.91. The fourth-order valence-corrected chi connectivity index (χ4v) is 1.72. The fraction of sp³-hybridized carbons (Fsp3) is 0.429. The van der Waals surface area contributed by atoms with Crippen LogP contribution in [-0.2, 0) is 0 Å². The molecule has 0 saturated carbocycles. The minimum absolute atomic E-state index is 1.02. The molecule has 1 radical (unpaired) electrons. The molecule has 0 aliphatic heterocycles. The maximum absolute atomic E-state index is 3.13. The van der Waals surface area contributed by atoms with Crippen molar-refractivity contribution in [3.8, 4) is 0 Å². The minimum atomic E-state index is 1.02. The highest BCUT2D eigenvalue weighted by atomic mass is 32.1. The van der Waals surface area contributed by atoms with Crippen molar-refractivity contribution in [2.24, 2.45) is 0 Å². The van der Waals surface area contributed by atoms with Crippen LogP contribution in [0.2, 0.25) is 0 Å². The molecule has 0 bridgehead atoms. The van der Waals surface area contributed by atoms with Gasteiger partial charge in [-0.2, -0.15) is 0 Å². The molecule has 0 aromatic carbocycles. The van der Waals surface area contributed by atoms with E-state index in [0.717, 1.165) is 16.4 Å². The van der Waals surface area contributed by atoms with Gasteiger partial charge in [0.15, 0.2) is 0 Å². The summed E-state index contributed by atoms with van der Waals surface area (Å²) < 4.78 is 0. The van der Waals surface area contributed by atoms with Crippen molar-refractivity contribution in [3.05, 3.63) is 5.38 Å². The number of nitrogens with one attached hydrogen (secondary N) is 3. The first-order valence-electron chi connectivity index (χ1n) is 3.41. The van der Waals surface area contributed by atoms with Crippen LogP contribution >= 0.6 is 11.3 Å². The number of anilines is 3. The lowest BCUT2D eigenvalue weighted by Gasteiger charge is -2.04. The molecule has 3 N–H and O–H groups in total. The molecule has 0 unspecified atom stereocenters. The Kier molecular flexibility index (Phi) is 2.59. The summed E-state index contributed by atoms with van der Waals surface area (Å²) >= 11 is 1.56. The van der Waals surface area contributed by atoms with Crippen molar-refractivity contribution in [3.63, 3.8) is 0 Å². The van der Waals surface area contributed by atoms with Gasteiger partial charge in [0.1, 0.15) is 5.00 Å². The number of hydrogen-bond donors (Lipinski definition) is 3. The molecule has 0 aliphatic carbocycles. The summed E-state index contributed by atoms with van der Waals surface area (Å²) in [5.74, 6) is 0. The number of thiophene rings is 1. The first-order chi connectivity index (χ1) is 5.33. The van der Waals surface area contributed by atoms with Crippen LogP contribution in [0.3, 0.4) is 0 Å². The van der Waals surface area contributed by atoms with Crippen molar-refractivity contribution < 1.29 is 0 Å². The van der Waals surface area contributed by atoms with E-state index in [0.29, 0.717) is 0 Å². The zero-order valence-corrected chi connectivity index (χ0v) is 7.72. The van der Waals surface area contributed by atoms with Gasteiger partial charge in [0.2, 0.25) is 0 Å². The van der Waals surface area contributed by atoms with E-state index in [2.05, 4.69) is 21.3 Å². The van der Waals surface area contributed by atoms with Gasteiger partial charge < -0.3 is 16.0 Å². The zero-order chi connectivity index (χ0) is 8.27. The largest absolute Gasteiger partial charge is 0.385 e. The number of hydrogen-bond acceptors (Lipinski definition) is 4. The molecule has 0 spiro atoms. The molecule has 0 amide bonds. The average Bonchev–Trinajstić information content (AvgIpc) is 2.45. The molecule has 0 saturated heterocycles. The fourth-order valence-electron chi connectivity index (χ4n) is 0.908. The first kappa shape index (κ1) is 8.20. The van der Waals surface area contributed by atoms with Crippen molar-refractivity contribution in [1.29, 1.82) is 0 Å². The van der Waals surface area contributed by atoms with Crippen LogP contribution in [0.25, 0.3) is 0 Å². The van der Waals surface area contributed by atoms with Crippen molar-refractivity contribution in [2.75, 3.05) is 37.1 Å². The highest BCUT2D eigenvalue weighted by Gasteiger charge is 2.06. The molecule has 11 heavy (non-hydrogen) atoms. The topological polar surface area (TPSA) is 36.1 Å². The summed E-state index contributed by atoms with van der Waals surface area (Å²) in [5, 5.41) is 13.5. The second kappa shape index (κ2) is 3.48. The van der Waals surface area contributed by atoms with E-state index in [1.165, 1.54) is 0 Å². The molecule has 0 fully saturated rings. The molecule has 4 heteroatoms. The molecule has 1 aromatic heterocycles. The van der Waals surface area contributed by atoms with E-state index in [-0.39, 0.29) is 0 Å². The van der Waals surface area contributed by atoms with Crippen LogP contribution in [0.5, 0.6) is 0 Å². The van der Waals surface area contributed by atoms with Gasteiger partial charge >= 0.3 is 0 Å². The lowest BCUT2D eigenvalue weighted by molar-refractivity contribution is 1.47. The van der Waals surface area contributed by atoms with Crippen molar-refractivity contribution in [2.45, 2.75) is 0 Å². The molecule has 1 heterocycles. The third-order valence-corrected chi connectivity index (χ3v) is 2.38. The standard InChI is InChI=1S/C7H12N3S/c1-8-5-4-11-7(10-3)6(5)9-2/h8-10H,1-3H3. The van der Waals surface area contributed by atoms with Gasteiger partial charge in [-0.15, -0.1) is 11.3 Å². The van der Waals surface area contributed by atoms with Crippen LogP contribution < -0.4 is 16.0 Å². The minimum Gasteiger partial charge on any atom is -0.385 e. The van der Waals surface area contributed by atoms with Gasteiger partial charge in [-0.3, -0.25) is 0 Å². The van der Waals surface area contributed by atoms with E-state index in [4.69, 9.17) is 0 Å². The Hall–Kier alpha value is -0.900. The van der Waals surface area contributed by atoms with Gasteiger partial charge in [0.05, 0.1) is 16.8 Å². The van der Waals surface area contributed by atoms with Crippen molar-refractivity contribution in [1.82, 2.24) is 0 Å². The van der Waals surface area contributed by atoms with Gasteiger partial charge in [-0.05, 0) is 0 Å². The third-order valence-electron chi connectivity index (χ3n) is 1.46. The van der Waals surface area contributed by atoms with E-state index in [1.807, 2.05) is 21.1 Å². The van der Waals surface area contributed by atoms with Gasteiger partial charge in [0.25, 0.3) is 0 Å². The van der Waals surface area contributed by atoms with E-state index < -0.39 is 0 Å². The summed E-state index contributed by atoms with van der Waals surface area (Å²) in [6, 6.07) is 0. The van der Waals surface area contributed by atoms with Crippen LogP contribution in [0.1, 0.15) is 0 Å². The first-order valence-corrected chi connectivity index (χ1v) is 4.22. The van der Waals surface area contributed by atoms with Crippen LogP contribution in [0, 0.1) is 5.38 Å². The maximum atomic E-state index is 3.13. The SMILES string of the molecule is CNc1[c]sc(NC)c1NC. The highest BCUT2D eigenvalue weighted by molar-refractivity contribution is 7.15. The monoisotopic (exact) mass is 170 g/mol. The number of rotatable bonds is 3. The van der Waals surface area contributed by atoms with Gasteiger partial charge in [-0.1, -0.05) is 0 Å². The molecule has 3 nitrogen and oxygen atoms in total. The van der Waals surface area contributed by atoms with E-state index in [1.54, 1.807) is 11.3 Å². The summed E-state index contributed by atoms with van der Waals surface area (Å²) in [7, 11) is 5.69. The summed E-state index contributed by atoms with van der Waals surface area (Å²) in [6.07, 6.45) is 0. The normalized spacial score (nSPS) is 9.36. The molecule has 0 atom stereocenters. The smallest absolute Gasteiger partial charge is 0.114 e. The van der Waals surface area contributed by atoms with Crippen LogP contribution in [0.4, 0.5) is 16.4 Å². The summed E-state index contributed by atoms with van der Waals surface area (Å²) in [5.41, 5.74) is 2.10. The van der Waals surface area contributed by atoms with E-state index in [9.17, 15) is 0 Å². The Morgan fingerprint density at radius 1 is 1.09 bits per heavy atom. The third kappa shape index (κ3) is 1.40. The predicted octanol–water partition coefficient (Wildman–Crippen LogP) is 1.67. The van der Waals surface area contributed by atoms with Crippen molar-refractivity contribution >= 4 is 27.7 Å². The molecular weight excluding hydrogens is 158 g/mol. The van der Waals surface area contributed by atoms with Gasteiger partial charge in [0, 0.05) is 21.1 Å². The summed E-state index contributed by atoms with van der Waals surface area (Å²) in [4.78, 5) is 0. The summed E-state index contributed by atoms with van der Waals surface area (Å²) in [6.45, 7) is 0. The molecule has 61 valence electrons. The Bertz CT molecular complexity index is 210. The lowest BCUT2D eigenvalue weighted by atomic mass is 10.4. The molecule has 1 rings (SSSR count). The van der Waals surface area contributed by atoms with E-state index >= 15 is 0 Å². The highest BCUT2D eigenvalue weighted by Crippen LogP contribution is 2.35. The molecular formula is C7H12N3S. The average molecular weight is 170 g/mol. The van der Waals surface area contributed by atoms with Crippen LogP contribution in [-0.4, -0.2) is 21.1 Å². The second-order valence-electron chi connectivity index (χ2n) is 2.03. The Morgan fingerprint density at radius 3 is 2.27 bits per heavy atom. The second-order valence-corrected chi connectivity index (χ2v) is 2.85. The Balaban J connectivity index is 2.99. The quantitative estimate of drug-likeness (QED) is 0.646. The van der Waals surface area contributed by atoms with Gasteiger partial charge in [-0.25, -0.2) is 0 Å². The maximum Gasteiger partial charge on any atom is 0.114 e. The van der Waals surface area contributed by atoms with Crippen LogP contribution in [0.15, 0.2) is 0 Å².